The third-order valence-electron chi connectivity index (χ3n) is 8.65. The minimum atomic E-state index is -1.64. The summed E-state index contributed by atoms with van der Waals surface area (Å²) in [6.45, 7) is 2.23. The quantitative estimate of drug-likeness (QED) is 0.211. The molecule has 1 aliphatic carbocycles. The molecule has 0 bridgehead atoms. The Morgan fingerprint density at radius 1 is 0.878 bits per heavy atom. The average molecular weight is 544 g/mol. The van der Waals surface area contributed by atoms with Gasteiger partial charge in [-0.2, -0.15) is 0 Å². The summed E-state index contributed by atoms with van der Waals surface area (Å²) in [6.07, 6.45) is 3.55. The molecule has 2 aliphatic heterocycles. The molecule has 6 heteroatoms. The van der Waals surface area contributed by atoms with Crippen LogP contribution >= 0.6 is 0 Å². The summed E-state index contributed by atoms with van der Waals surface area (Å²) in [7, 11) is 0. The molecular formula is C35H26FNO4. The fourth-order valence-corrected chi connectivity index (χ4v) is 7.09. The number of rotatable bonds is 5. The fraction of sp³-hybridized carbons (Fsp3) is 0.171. The van der Waals surface area contributed by atoms with E-state index in [2.05, 4.69) is 0 Å². The fourth-order valence-electron chi connectivity index (χ4n) is 7.09. The summed E-state index contributed by atoms with van der Waals surface area (Å²) in [6, 6.07) is 25.7. The molecule has 41 heavy (non-hydrogen) atoms. The van der Waals surface area contributed by atoms with Crippen molar-refractivity contribution in [3.63, 3.8) is 0 Å². The lowest BCUT2D eigenvalue weighted by Crippen LogP contribution is -2.48. The van der Waals surface area contributed by atoms with Gasteiger partial charge in [0.2, 0.25) is 0 Å². The molecule has 0 N–H and O–H groups in total. The van der Waals surface area contributed by atoms with E-state index in [1.54, 1.807) is 66.7 Å². The van der Waals surface area contributed by atoms with Crippen LogP contribution in [0.1, 0.15) is 55.0 Å². The molecule has 4 aromatic carbocycles. The first-order chi connectivity index (χ1) is 20.0. The van der Waals surface area contributed by atoms with E-state index in [0.29, 0.717) is 45.9 Å². The third kappa shape index (κ3) is 3.43. The SMILES string of the molecule is CCOc1ccccc1C1C(C(=O)c2ccccc2)N2c3ccc(F)cc3C=CC2C12C(=O)c1ccccc1C2=O. The number of halogens is 1. The highest BCUT2D eigenvalue weighted by atomic mass is 19.1. The van der Waals surface area contributed by atoms with Gasteiger partial charge in [0.25, 0.3) is 0 Å². The number of ether oxygens (including phenoxy) is 1. The van der Waals surface area contributed by atoms with Crippen LogP contribution in [0.3, 0.4) is 0 Å². The summed E-state index contributed by atoms with van der Waals surface area (Å²) < 4.78 is 20.4. The second-order valence-electron chi connectivity index (χ2n) is 10.6. The monoisotopic (exact) mass is 543 g/mol. The van der Waals surface area contributed by atoms with E-state index in [1.807, 2.05) is 42.2 Å². The molecule has 5 nitrogen and oxygen atoms in total. The third-order valence-corrected chi connectivity index (χ3v) is 8.65. The van der Waals surface area contributed by atoms with E-state index in [9.17, 15) is 18.8 Å². The van der Waals surface area contributed by atoms with Crippen molar-refractivity contribution in [2.45, 2.75) is 24.9 Å². The normalized spacial score (nSPS) is 21.5. The van der Waals surface area contributed by atoms with E-state index >= 15 is 0 Å². The van der Waals surface area contributed by atoms with Gasteiger partial charge in [0.1, 0.15) is 23.0 Å². The predicted molar refractivity (Wildman–Crippen MR) is 154 cm³/mol. The first-order valence-corrected chi connectivity index (χ1v) is 13.7. The summed E-state index contributed by atoms with van der Waals surface area (Å²) in [5, 5.41) is 0. The van der Waals surface area contributed by atoms with Gasteiger partial charge in [-0.3, -0.25) is 14.4 Å². The highest BCUT2D eigenvalue weighted by Crippen LogP contribution is 2.62. The molecule has 0 amide bonds. The largest absolute Gasteiger partial charge is 0.494 e. The molecule has 1 fully saturated rings. The number of carbonyl (C=O) groups excluding carboxylic acids is 3. The van der Waals surface area contributed by atoms with Crippen LogP contribution in [0.15, 0.2) is 103 Å². The van der Waals surface area contributed by atoms with Crippen molar-refractivity contribution in [3.05, 3.63) is 137 Å². The van der Waals surface area contributed by atoms with Gasteiger partial charge in [-0.15, -0.1) is 0 Å². The molecule has 1 saturated heterocycles. The minimum absolute atomic E-state index is 0.231. The lowest BCUT2D eigenvalue weighted by atomic mass is 9.64. The number of ketones is 3. The molecule has 3 unspecified atom stereocenters. The number of fused-ring (bicyclic) bond motifs is 5. The van der Waals surface area contributed by atoms with Gasteiger partial charge in [0.15, 0.2) is 17.3 Å². The molecule has 202 valence electrons. The van der Waals surface area contributed by atoms with E-state index < -0.39 is 29.2 Å². The van der Waals surface area contributed by atoms with Gasteiger partial charge in [-0.05, 0) is 31.2 Å². The molecule has 7 rings (SSSR count). The molecular weight excluding hydrogens is 517 g/mol. The highest BCUT2D eigenvalue weighted by Gasteiger charge is 2.71. The maximum absolute atomic E-state index is 14.7. The highest BCUT2D eigenvalue weighted by molar-refractivity contribution is 6.32. The number of hydrogen-bond donors (Lipinski definition) is 0. The number of benzene rings is 4. The number of para-hydroxylation sites is 1. The van der Waals surface area contributed by atoms with Gasteiger partial charge in [0, 0.05) is 39.4 Å². The van der Waals surface area contributed by atoms with Crippen molar-refractivity contribution < 1.29 is 23.5 Å². The molecule has 0 aromatic heterocycles. The van der Waals surface area contributed by atoms with Gasteiger partial charge in [-0.25, -0.2) is 4.39 Å². The van der Waals surface area contributed by atoms with E-state index in [1.165, 1.54) is 12.1 Å². The van der Waals surface area contributed by atoms with Crippen molar-refractivity contribution >= 4 is 29.1 Å². The van der Waals surface area contributed by atoms with Crippen LogP contribution in [0.25, 0.3) is 6.08 Å². The molecule has 2 heterocycles. The molecule has 0 radical (unpaired) electrons. The zero-order valence-electron chi connectivity index (χ0n) is 22.3. The van der Waals surface area contributed by atoms with Crippen LogP contribution in [0.2, 0.25) is 0 Å². The number of anilines is 1. The smallest absolute Gasteiger partial charge is 0.185 e. The van der Waals surface area contributed by atoms with Gasteiger partial charge in [0.05, 0.1) is 12.6 Å². The molecule has 4 aromatic rings. The Bertz CT molecular complexity index is 1730. The van der Waals surface area contributed by atoms with E-state index in [0.717, 1.165) is 0 Å². The first-order valence-electron chi connectivity index (χ1n) is 13.7. The van der Waals surface area contributed by atoms with E-state index in [-0.39, 0.29) is 17.3 Å². The van der Waals surface area contributed by atoms with Crippen molar-refractivity contribution in [3.8, 4) is 5.75 Å². The Kier molecular flexibility index (Phi) is 5.75. The van der Waals surface area contributed by atoms with Crippen LogP contribution in [0.4, 0.5) is 10.1 Å². The molecule has 3 aliphatic rings. The summed E-state index contributed by atoms with van der Waals surface area (Å²) in [5.41, 5.74) is 1.31. The van der Waals surface area contributed by atoms with E-state index in [4.69, 9.17) is 4.74 Å². The van der Waals surface area contributed by atoms with Crippen LogP contribution in [-0.2, 0) is 0 Å². The van der Waals surface area contributed by atoms with Crippen LogP contribution in [-0.4, -0.2) is 36.0 Å². The van der Waals surface area contributed by atoms with Gasteiger partial charge in [-0.1, -0.05) is 84.9 Å². The Morgan fingerprint density at radius 3 is 2.24 bits per heavy atom. The predicted octanol–water partition coefficient (Wildman–Crippen LogP) is 6.54. The van der Waals surface area contributed by atoms with Crippen molar-refractivity contribution in [1.29, 1.82) is 0 Å². The Hall–Kier alpha value is -4.84. The summed E-state index contributed by atoms with van der Waals surface area (Å²) >= 11 is 0. The topological polar surface area (TPSA) is 63.7 Å². The first kappa shape index (κ1) is 25.1. The van der Waals surface area contributed by atoms with Gasteiger partial charge < -0.3 is 9.64 Å². The number of carbonyl (C=O) groups is 3. The molecule has 1 spiro atoms. The summed E-state index contributed by atoms with van der Waals surface area (Å²) in [5.74, 6) is -1.65. The standard InChI is InChI=1S/C35H26FNO4/c1-2-41-28-15-9-8-14-26(28)30-31(32(38)21-10-4-3-5-11-21)37-27-18-17-23(36)20-22(27)16-19-29(37)35(30)33(39)24-12-6-7-13-25(24)34(35)40/h3-20,29-31H,2H2,1H3. The van der Waals surface area contributed by atoms with Crippen LogP contribution in [0.5, 0.6) is 5.75 Å². The maximum atomic E-state index is 14.7. The van der Waals surface area contributed by atoms with Crippen LogP contribution in [0, 0.1) is 11.2 Å². The van der Waals surface area contributed by atoms with Crippen molar-refractivity contribution in [1.82, 2.24) is 0 Å². The average Bonchev–Trinajstić information content (AvgIpc) is 3.43. The zero-order valence-corrected chi connectivity index (χ0v) is 22.3. The second kappa shape index (κ2) is 9.37. The van der Waals surface area contributed by atoms with Crippen LogP contribution < -0.4 is 9.64 Å². The van der Waals surface area contributed by atoms with Gasteiger partial charge >= 0.3 is 0 Å². The molecule has 0 saturated carbocycles. The maximum Gasteiger partial charge on any atom is 0.185 e. The Balaban J connectivity index is 1.57. The lowest BCUT2D eigenvalue weighted by Gasteiger charge is -2.37. The van der Waals surface area contributed by atoms with Crippen molar-refractivity contribution in [2.24, 2.45) is 5.41 Å². The van der Waals surface area contributed by atoms with Crippen molar-refractivity contribution in [2.75, 3.05) is 11.5 Å². The number of nitrogens with zero attached hydrogens (tertiary/aromatic N) is 1. The number of hydrogen-bond acceptors (Lipinski definition) is 5. The Labute approximate surface area is 236 Å². The zero-order chi connectivity index (χ0) is 28.3. The lowest BCUT2D eigenvalue weighted by molar-refractivity contribution is 0.0664. The molecule has 3 atom stereocenters. The minimum Gasteiger partial charge on any atom is -0.494 e. The number of Topliss-reactive ketones (excluding diaryl/α,β-unsaturated/α-hetero) is 3. The summed E-state index contributed by atoms with van der Waals surface area (Å²) in [4.78, 5) is 46.0. The second-order valence-corrected chi connectivity index (χ2v) is 10.6. The Morgan fingerprint density at radius 2 is 1.54 bits per heavy atom.